The summed E-state index contributed by atoms with van der Waals surface area (Å²) < 4.78 is 43.2. The maximum atomic E-state index is 12.6. The molecule has 0 unspecified atom stereocenters. The summed E-state index contributed by atoms with van der Waals surface area (Å²) in [4.78, 5) is 7.28. The smallest absolute Gasteiger partial charge is 0.380 e. The van der Waals surface area contributed by atoms with Gasteiger partial charge in [-0.15, -0.1) is 0 Å². The van der Waals surface area contributed by atoms with Crippen LogP contribution >= 0.6 is 0 Å². The molecule has 0 aliphatic rings. The molecule has 1 aromatic rings. The molecule has 0 saturated heterocycles. The van der Waals surface area contributed by atoms with Crippen LogP contribution in [0.3, 0.4) is 0 Å². The molecule has 2 N–H and O–H groups in total. The Kier molecular flexibility index (Phi) is 6.50. The maximum absolute atomic E-state index is 12.6. The zero-order valence-electron chi connectivity index (χ0n) is 11.5. The van der Waals surface area contributed by atoms with Crippen LogP contribution in [-0.2, 0) is 10.9 Å². The van der Waals surface area contributed by atoms with E-state index in [1.54, 1.807) is 0 Å². The highest BCUT2D eigenvalue weighted by atomic mass is 19.4. The number of rotatable bonds is 8. The van der Waals surface area contributed by atoms with Crippen molar-refractivity contribution in [2.45, 2.75) is 25.9 Å². The number of hydrogen-bond acceptors (Lipinski definition) is 5. The molecule has 5 nitrogen and oxygen atoms in total. The first-order valence-corrected chi connectivity index (χ1v) is 6.43. The first kappa shape index (κ1) is 16.5. The van der Waals surface area contributed by atoms with Crippen molar-refractivity contribution in [2.75, 3.05) is 37.4 Å². The van der Waals surface area contributed by atoms with Gasteiger partial charge in [-0.3, -0.25) is 0 Å². The van der Waals surface area contributed by atoms with Gasteiger partial charge in [0.25, 0.3) is 0 Å². The van der Waals surface area contributed by atoms with Gasteiger partial charge in [-0.1, -0.05) is 13.3 Å². The van der Waals surface area contributed by atoms with Crippen LogP contribution in [0.5, 0.6) is 0 Å². The van der Waals surface area contributed by atoms with E-state index in [-0.39, 0.29) is 11.8 Å². The summed E-state index contributed by atoms with van der Waals surface area (Å²) in [5.41, 5.74) is -0.980. The van der Waals surface area contributed by atoms with Crippen LogP contribution < -0.4 is 10.6 Å². The van der Waals surface area contributed by atoms with Crippen LogP contribution in [0.4, 0.5) is 24.9 Å². The second kappa shape index (κ2) is 7.88. The Morgan fingerprint density at radius 1 is 1.25 bits per heavy atom. The Hall–Kier alpha value is -1.57. The summed E-state index contributed by atoms with van der Waals surface area (Å²) in [5.74, 6) is 0.0463. The first-order chi connectivity index (χ1) is 9.47. The molecule has 1 heterocycles. The molecule has 0 bridgehead atoms. The lowest BCUT2D eigenvalue weighted by Gasteiger charge is -2.11. The Labute approximate surface area is 116 Å². The number of nitrogens with one attached hydrogen (secondary N) is 2. The van der Waals surface area contributed by atoms with E-state index in [1.807, 2.05) is 0 Å². The number of alkyl halides is 3. The van der Waals surface area contributed by atoms with Gasteiger partial charge in [-0.25, -0.2) is 4.98 Å². The highest BCUT2D eigenvalue weighted by Gasteiger charge is 2.33. The predicted molar refractivity (Wildman–Crippen MR) is 70.8 cm³/mol. The van der Waals surface area contributed by atoms with Crippen molar-refractivity contribution in [1.82, 2.24) is 9.97 Å². The SMILES string of the molecule is CCCCOCCNc1cc(C(F)(F)F)nc(NC)n1. The van der Waals surface area contributed by atoms with Crippen LogP contribution in [0.2, 0.25) is 0 Å². The van der Waals surface area contributed by atoms with Crippen molar-refractivity contribution in [2.24, 2.45) is 0 Å². The summed E-state index contributed by atoms with van der Waals surface area (Å²) in [6.07, 6.45) is -2.49. The van der Waals surface area contributed by atoms with Crippen molar-refractivity contribution < 1.29 is 17.9 Å². The molecular weight excluding hydrogens is 273 g/mol. The third-order valence-electron chi connectivity index (χ3n) is 2.43. The zero-order chi connectivity index (χ0) is 15.0. The molecule has 0 saturated carbocycles. The topological polar surface area (TPSA) is 59.1 Å². The number of anilines is 2. The molecule has 0 fully saturated rings. The van der Waals surface area contributed by atoms with Gasteiger partial charge in [-0.2, -0.15) is 18.2 Å². The quantitative estimate of drug-likeness (QED) is 0.722. The number of unbranched alkanes of at least 4 members (excludes halogenated alkanes) is 1. The Bertz CT molecular complexity index is 412. The molecule has 1 aromatic heterocycles. The fourth-order valence-corrected chi connectivity index (χ4v) is 1.39. The lowest BCUT2D eigenvalue weighted by molar-refractivity contribution is -0.141. The normalized spacial score (nSPS) is 11.4. The van der Waals surface area contributed by atoms with Crippen LogP contribution in [0.25, 0.3) is 0 Å². The van der Waals surface area contributed by atoms with Gasteiger partial charge in [0.1, 0.15) is 5.82 Å². The fraction of sp³-hybridized carbons (Fsp3) is 0.667. The van der Waals surface area contributed by atoms with Crippen molar-refractivity contribution in [3.05, 3.63) is 11.8 Å². The van der Waals surface area contributed by atoms with Crippen LogP contribution in [0, 0.1) is 0 Å². The number of aromatic nitrogens is 2. The number of ether oxygens (including phenoxy) is 1. The summed E-state index contributed by atoms with van der Waals surface area (Å²) in [6.45, 7) is 3.51. The highest BCUT2D eigenvalue weighted by molar-refractivity contribution is 5.42. The fourth-order valence-electron chi connectivity index (χ4n) is 1.39. The van der Waals surface area contributed by atoms with Gasteiger partial charge in [0.05, 0.1) is 6.61 Å². The Balaban J connectivity index is 2.56. The predicted octanol–water partition coefficient (Wildman–Crippen LogP) is 2.77. The summed E-state index contributed by atoms with van der Waals surface area (Å²) in [7, 11) is 1.47. The molecule has 8 heteroatoms. The van der Waals surface area contributed by atoms with Gasteiger partial charge in [0, 0.05) is 26.3 Å². The maximum Gasteiger partial charge on any atom is 0.433 e. The Morgan fingerprint density at radius 2 is 2.00 bits per heavy atom. The van der Waals surface area contributed by atoms with E-state index < -0.39 is 11.9 Å². The van der Waals surface area contributed by atoms with Gasteiger partial charge in [-0.05, 0) is 6.42 Å². The minimum Gasteiger partial charge on any atom is -0.380 e. The molecular formula is C12H19F3N4O. The highest BCUT2D eigenvalue weighted by Crippen LogP contribution is 2.29. The first-order valence-electron chi connectivity index (χ1n) is 6.43. The average Bonchev–Trinajstić information content (AvgIpc) is 2.41. The van der Waals surface area contributed by atoms with E-state index in [2.05, 4.69) is 27.5 Å². The summed E-state index contributed by atoms with van der Waals surface area (Å²) in [6, 6.07) is 0.882. The van der Waals surface area contributed by atoms with Gasteiger partial charge >= 0.3 is 6.18 Å². The molecule has 0 atom stereocenters. The number of hydrogen-bond donors (Lipinski definition) is 2. The van der Waals surface area contributed by atoms with E-state index in [9.17, 15) is 13.2 Å². The van der Waals surface area contributed by atoms with Crippen LogP contribution in [-0.4, -0.2) is 36.8 Å². The van der Waals surface area contributed by atoms with Crippen molar-refractivity contribution in [1.29, 1.82) is 0 Å². The van der Waals surface area contributed by atoms with Crippen molar-refractivity contribution >= 4 is 11.8 Å². The van der Waals surface area contributed by atoms with E-state index in [0.29, 0.717) is 19.8 Å². The lowest BCUT2D eigenvalue weighted by Crippen LogP contribution is -2.15. The largest absolute Gasteiger partial charge is 0.433 e. The number of nitrogens with zero attached hydrogens (tertiary/aromatic N) is 2. The molecule has 0 radical (unpaired) electrons. The average molecular weight is 292 g/mol. The van der Waals surface area contributed by atoms with Gasteiger partial charge < -0.3 is 15.4 Å². The van der Waals surface area contributed by atoms with Crippen molar-refractivity contribution in [3.63, 3.8) is 0 Å². The van der Waals surface area contributed by atoms with E-state index in [4.69, 9.17) is 4.74 Å². The van der Waals surface area contributed by atoms with E-state index in [1.165, 1.54) is 7.05 Å². The molecule has 0 aliphatic carbocycles. The molecule has 20 heavy (non-hydrogen) atoms. The minimum atomic E-state index is -4.50. The van der Waals surface area contributed by atoms with E-state index >= 15 is 0 Å². The molecule has 0 amide bonds. The van der Waals surface area contributed by atoms with Gasteiger partial charge in [0.2, 0.25) is 5.95 Å². The summed E-state index contributed by atoms with van der Waals surface area (Å²) >= 11 is 0. The molecule has 0 spiro atoms. The lowest BCUT2D eigenvalue weighted by atomic mass is 10.3. The second-order valence-electron chi connectivity index (χ2n) is 4.10. The monoisotopic (exact) mass is 292 g/mol. The molecule has 0 aliphatic heterocycles. The molecule has 0 aromatic carbocycles. The standard InChI is InChI=1S/C12H19F3N4O/c1-3-4-6-20-7-5-17-10-8-9(12(13,14)15)18-11(16-2)19-10/h8H,3-7H2,1-2H3,(H2,16,17,18,19). The van der Waals surface area contributed by atoms with Crippen LogP contribution in [0.1, 0.15) is 25.5 Å². The molecule has 114 valence electrons. The van der Waals surface area contributed by atoms with Crippen LogP contribution in [0.15, 0.2) is 6.07 Å². The van der Waals surface area contributed by atoms with Gasteiger partial charge in [0.15, 0.2) is 5.69 Å². The third kappa shape index (κ3) is 5.60. The summed E-state index contributed by atoms with van der Waals surface area (Å²) in [5, 5.41) is 5.30. The minimum absolute atomic E-state index is 0.0748. The second-order valence-corrected chi connectivity index (χ2v) is 4.10. The number of halogens is 3. The molecule has 1 rings (SSSR count). The van der Waals surface area contributed by atoms with E-state index in [0.717, 1.165) is 18.9 Å². The zero-order valence-corrected chi connectivity index (χ0v) is 11.5. The third-order valence-corrected chi connectivity index (χ3v) is 2.43. The van der Waals surface area contributed by atoms with Crippen molar-refractivity contribution in [3.8, 4) is 0 Å². The Morgan fingerprint density at radius 3 is 2.60 bits per heavy atom.